The minimum absolute atomic E-state index is 0.0373. The lowest BCUT2D eigenvalue weighted by Gasteiger charge is -2.31. The largest absolute Gasteiger partial charge is 0.349 e. The molecule has 1 aliphatic heterocycles. The van der Waals surface area contributed by atoms with E-state index in [2.05, 4.69) is 15.4 Å². The predicted molar refractivity (Wildman–Crippen MR) is 105 cm³/mol. The molecule has 3 aromatic rings. The maximum atomic E-state index is 12.7. The standard InChI is InChI=1S/C18H19N5O2S2/c1-22-9-13(8-19-22)16(24)20-14-2-5-23(6-3-14)18(25)15-11-27-17(21-15)12-4-7-26-10-12/h4,7-11,14H,2-3,5-6H2,1H3,(H,20,24). The summed E-state index contributed by atoms with van der Waals surface area (Å²) in [6, 6.07) is 2.08. The van der Waals surface area contributed by atoms with Crippen molar-refractivity contribution in [2.45, 2.75) is 18.9 Å². The van der Waals surface area contributed by atoms with Crippen LogP contribution in [0.1, 0.15) is 33.7 Å². The topological polar surface area (TPSA) is 80.1 Å². The summed E-state index contributed by atoms with van der Waals surface area (Å²) >= 11 is 3.11. The van der Waals surface area contributed by atoms with Crippen LogP contribution >= 0.6 is 22.7 Å². The SMILES string of the molecule is Cn1cc(C(=O)NC2CCN(C(=O)c3csc(-c4ccsc4)n3)CC2)cn1. The van der Waals surface area contributed by atoms with Crippen LogP contribution in [0.3, 0.4) is 0 Å². The van der Waals surface area contributed by atoms with Gasteiger partial charge in [-0.05, 0) is 24.3 Å². The number of thiophene rings is 1. The average molecular weight is 402 g/mol. The monoisotopic (exact) mass is 401 g/mol. The third-order valence-corrected chi connectivity index (χ3v) is 6.15. The molecule has 9 heteroatoms. The summed E-state index contributed by atoms with van der Waals surface area (Å²) in [5.41, 5.74) is 2.11. The van der Waals surface area contributed by atoms with Gasteiger partial charge in [-0.3, -0.25) is 14.3 Å². The fraction of sp³-hybridized carbons (Fsp3) is 0.333. The number of hydrogen-bond donors (Lipinski definition) is 1. The van der Waals surface area contributed by atoms with Gasteiger partial charge < -0.3 is 10.2 Å². The maximum absolute atomic E-state index is 12.7. The number of nitrogens with zero attached hydrogens (tertiary/aromatic N) is 4. The van der Waals surface area contributed by atoms with Crippen molar-refractivity contribution in [3.63, 3.8) is 0 Å². The molecule has 0 aliphatic carbocycles. The normalized spacial score (nSPS) is 15.1. The summed E-state index contributed by atoms with van der Waals surface area (Å²) < 4.78 is 1.61. The highest BCUT2D eigenvalue weighted by Gasteiger charge is 2.26. The molecule has 140 valence electrons. The summed E-state index contributed by atoms with van der Waals surface area (Å²) in [7, 11) is 1.78. The molecule has 0 radical (unpaired) electrons. The van der Waals surface area contributed by atoms with Crippen LogP contribution < -0.4 is 5.32 Å². The van der Waals surface area contributed by atoms with Gasteiger partial charge in [-0.25, -0.2) is 4.98 Å². The second kappa shape index (κ2) is 7.61. The van der Waals surface area contributed by atoms with Crippen LogP contribution in [0.25, 0.3) is 10.6 Å². The first-order valence-corrected chi connectivity index (χ1v) is 10.5. The van der Waals surface area contributed by atoms with Crippen molar-refractivity contribution >= 4 is 34.5 Å². The molecule has 1 saturated heterocycles. The van der Waals surface area contributed by atoms with Crippen LogP contribution in [0.4, 0.5) is 0 Å². The second-order valence-corrected chi connectivity index (χ2v) is 8.13. The van der Waals surface area contributed by atoms with Gasteiger partial charge in [-0.15, -0.1) is 11.3 Å². The highest BCUT2D eigenvalue weighted by molar-refractivity contribution is 7.14. The molecule has 1 fully saturated rings. The molecule has 3 aromatic heterocycles. The van der Waals surface area contributed by atoms with Crippen molar-refractivity contribution in [3.05, 3.63) is 45.9 Å². The Kier molecular flexibility index (Phi) is 5.04. The number of aryl methyl sites for hydroxylation is 1. The molecule has 0 atom stereocenters. The van der Waals surface area contributed by atoms with E-state index in [4.69, 9.17) is 0 Å². The van der Waals surface area contributed by atoms with E-state index in [1.54, 1.807) is 35.5 Å². The van der Waals surface area contributed by atoms with Gasteiger partial charge in [0.2, 0.25) is 0 Å². The Bertz CT molecular complexity index is 939. The fourth-order valence-corrected chi connectivity index (χ4v) is 4.59. The average Bonchev–Trinajstić information content (AvgIpc) is 3.42. The Morgan fingerprint density at radius 1 is 1.26 bits per heavy atom. The number of carbonyl (C=O) groups is 2. The van der Waals surface area contributed by atoms with Crippen LogP contribution in [0.2, 0.25) is 0 Å². The molecule has 1 aliphatic rings. The summed E-state index contributed by atoms with van der Waals surface area (Å²) in [6.45, 7) is 1.23. The Labute approximate surface area is 164 Å². The number of hydrogen-bond acceptors (Lipinski definition) is 6. The van der Waals surface area contributed by atoms with Gasteiger partial charge in [0.25, 0.3) is 11.8 Å². The van der Waals surface area contributed by atoms with E-state index >= 15 is 0 Å². The fourth-order valence-electron chi connectivity index (χ4n) is 3.09. The van der Waals surface area contributed by atoms with Crippen molar-refractivity contribution in [1.29, 1.82) is 0 Å². The summed E-state index contributed by atoms with van der Waals surface area (Å²) in [4.78, 5) is 31.2. The van der Waals surface area contributed by atoms with E-state index in [1.165, 1.54) is 11.3 Å². The Balaban J connectivity index is 1.32. The number of carbonyl (C=O) groups excluding carboxylic acids is 2. The van der Waals surface area contributed by atoms with E-state index in [0.717, 1.165) is 23.4 Å². The summed E-state index contributed by atoms with van der Waals surface area (Å²) in [6.07, 6.45) is 4.72. The number of likely N-dealkylation sites (tertiary alicyclic amines) is 1. The van der Waals surface area contributed by atoms with Gasteiger partial charge in [0.1, 0.15) is 10.7 Å². The van der Waals surface area contributed by atoms with Gasteiger partial charge in [-0.2, -0.15) is 16.4 Å². The molecule has 7 nitrogen and oxygen atoms in total. The molecule has 27 heavy (non-hydrogen) atoms. The number of thiazole rings is 1. The van der Waals surface area contributed by atoms with Crippen molar-refractivity contribution in [3.8, 4) is 10.6 Å². The molecule has 0 spiro atoms. The van der Waals surface area contributed by atoms with E-state index in [-0.39, 0.29) is 17.9 Å². The molecular formula is C18H19N5O2S2. The lowest BCUT2D eigenvalue weighted by Crippen LogP contribution is -2.46. The first-order chi connectivity index (χ1) is 13.1. The number of rotatable bonds is 4. The minimum atomic E-state index is -0.118. The van der Waals surface area contributed by atoms with Crippen LogP contribution in [0.15, 0.2) is 34.6 Å². The van der Waals surface area contributed by atoms with Crippen LogP contribution in [0, 0.1) is 0 Å². The lowest BCUT2D eigenvalue weighted by atomic mass is 10.0. The van der Waals surface area contributed by atoms with E-state index in [0.29, 0.717) is 24.3 Å². The van der Waals surface area contributed by atoms with E-state index in [1.807, 2.05) is 27.1 Å². The first kappa shape index (κ1) is 17.9. The highest BCUT2D eigenvalue weighted by atomic mass is 32.1. The van der Waals surface area contributed by atoms with Crippen molar-refractivity contribution in [2.75, 3.05) is 13.1 Å². The smallest absolute Gasteiger partial charge is 0.273 e. The lowest BCUT2D eigenvalue weighted by molar-refractivity contribution is 0.0693. The van der Waals surface area contributed by atoms with Gasteiger partial charge in [-0.1, -0.05) is 0 Å². The van der Waals surface area contributed by atoms with Crippen LogP contribution in [-0.2, 0) is 7.05 Å². The van der Waals surface area contributed by atoms with E-state index in [9.17, 15) is 9.59 Å². The summed E-state index contributed by atoms with van der Waals surface area (Å²) in [5, 5.41) is 13.8. The number of aromatic nitrogens is 3. The number of amides is 2. The molecule has 0 aromatic carbocycles. The van der Waals surface area contributed by atoms with Gasteiger partial charge in [0.15, 0.2) is 0 Å². The highest BCUT2D eigenvalue weighted by Crippen LogP contribution is 2.26. The Morgan fingerprint density at radius 3 is 2.74 bits per heavy atom. The van der Waals surface area contributed by atoms with Gasteiger partial charge >= 0.3 is 0 Å². The third-order valence-electron chi connectivity index (χ3n) is 4.58. The molecule has 1 N–H and O–H groups in total. The zero-order valence-electron chi connectivity index (χ0n) is 14.8. The molecule has 0 saturated carbocycles. The van der Waals surface area contributed by atoms with Gasteiger partial charge in [0.05, 0.1) is 11.8 Å². The molecular weight excluding hydrogens is 382 g/mol. The molecule has 0 bridgehead atoms. The van der Waals surface area contributed by atoms with Crippen LogP contribution in [-0.4, -0.2) is 50.6 Å². The van der Waals surface area contributed by atoms with Gasteiger partial charge in [0, 0.05) is 48.7 Å². The van der Waals surface area contributed by atoms with Crippen molar-refractivity contribution in [1.82, 2.24) is 25.0 Å². The summed E-state index contributed by atoms with van der Waals surface area (Å²) in [5.74, 6) is -0.155. The third kappa shape index (κ3) is 3.93. The Morgan fingerprint density at radius 2 is 2.07 bits per heavy atom. The zero-order valence-corrected chi connectivity index (χ0v) is 16.4. The maximum Gasteiger partial charge on any atom is 0.273 e. The Hall–Kier alpha value is -2.52. The number of nitrogens with one attached hydrogen (secondary N) is 1. The van der Waals surface area contributed by atoms with E-state index < -0.39 is 0 Å². The van der Waals surface area contributed by atoms with Crippen molar-refractivity contribution < 1.29 is 9.59 Å². The molecule has 2 amide bonds. The van der Waals surface area contributed by atoms with Crippen LogP contribution in [0.5, 0.6) is 0 Å². The molecule has 4 heterocycles. The predicted octanol–water partition coefficient (Wildman–Crippen LogP) is 2.64. The van der Waals surface area contributed by atoms with Crippen molar-refractivity contribution in [2.24, 2.45) is 7.05 Å². The molecule has 0 unspecified atom stereocenters. The zero-order chi connectivity index (χ0) is 18.8. The quantitative estimate of drug-likeness (QED) is 0.729. The first-order valence-electron chi connectivity index (χ1n) is 8.67. The molecule has 4 rings (SSSR count). The number of piperidine rings is 1. The minimum Gasteiger partial charge on any atom is -0.349 e. The second-order valence-electron chi connectivity index (χ2n) is 6.49.